The molecule has 4 nitrogen and oxygen atoms in total. The van der Waals surface area contributed by atoms with E-state index in [1.807, 2.05) is 4.90 Å². The molecule has 0 saturated carbocycles. The SMILES string of the molecule is O=C(CN1CCC(O)(C(F)(F)F)CC1)N1CCCCCCC1. The first-order valence-corrected chi connectivity index (χ1v) is 8.11. The van der Waals surface area contributed by atoms with E-state index in [1.54, 1.807) is 4.90 Å². The Morgan fingerprint density at radius 1 is 0.955 bits per heavy atom. The zero-order chi connectivity index (χ0) is 16.2. The van der Waals surface area contributed by atoms with Crippen LogP contribution in [0.15, 0.2) is 0 Å². The Bertz CT molecular complexity index is 371. The fraction of sp³-hybridized carbons (Fsp3) is 0.933. The normalized spacial score (nSPS) is 24.6. The Balaban J connectivity index is 1.81. The van der Waals surface area contributed by atoms with Crippen LogP contribution in [0.3, 0.4) is 0 Å². The Hall–Kier alpha value is -0.820. The molecule has 0 unspecified atom stereocenters. The monoisotopic (exact) mass is 322 g/mol. The largest absolute Gasteiger partial charge is 0.417 e. The molecule has 0 aromatic rings. The highest BCUT2D eigenvalue weighted by atomic mass is 19.4. The van der Waals surface area contributed by atoms with Gasteiger partial charge in [-0.05, 0) is 25.7 Å². The summed E-state index contributed by atoms with van der Waals surface area (Å²) in [4.78, 5) is 15.8. The summed E-state index contributed by atoms with van der Waals surface area (Å²) in [5, 5.41) is 9.63. The molecule has 0 aliphatic carbocycles. The first kappa shape index (κ1) is 17.5. The highest BCUT2D eigenvalue weighted by molar-refractivity contribution is 5.78. The molecule has 0 aromatic heterocycles. The van der Waals surface area contributed by atoms with Crippen LogP contribution in [-0.2, 0) is 4.79 Å². The van der Waals surface area contributed by atoms with Gasteiger partial charge in [0.15, 0.2) is 5.60 Å². The van der Waals surface area contributed by atoms with E-state index in [1.165, 1.54) is 6.42 Å². The quantitative estimate of drug-likeness (QED) is 0.847. The summed E-state index contributed by atoms with van der Waals surface area (Å²) in [6.45, 7) is 1.87. The summed E-state index contributed by atoms with van der Waals surface area (Å²) < 4.78 is 38.2. The minimum atomic E-state index is -4.59. The van der Waals surface area contributed by atoms with E-state index >= 15 is 0 Å². The van der Waals surface area contributed by atoms with Gasteiger partial charge in [0.2, 0.25) is 5.91 Å². The third-order valence-corrected chi connectivity index (χ3v) is 4.78. The summed E-state index contributed by atoms with van der Waals surface area (Å²) in [6, 6.07) is 0. The topological polar surface area (TPSA) is 43.8 Å². The molecule has 2 rings (SSSR count). The molecule has 7 heteroatoms. The molecular weight excluding hydrogens is 297 g/mol. The van der Waals surface area contributed by atoms with Gasteiger partial charge in [0.05, 0.1) is 6.54 Å². The molecule has 2 aliphatic heterocycles. The van der Waals surface area contributed by atoms with Crippen molar-refractivity contribution in [2.75, 3.05) is 32.7 Å². The van der Waals surface area contributed by atoms with Crippen molar-refractivity contribution < 1.29 is 23.1 Å². The van der Waals surface area contributed by atoms with Crippen LogP contribution in [-0.4, -0.2) is 65.3 Å². The van der Waals surface area contributed by atoms with Gasteiger partial charge in [-0.2, -0.15) is 13.2 Å². The first-order valence-electron chi connectivity index (χ1n) is 8.11. The van der Waals surface area contributed by atoms with Crippen molar-refractivity contribution in [2.24, 2.45) is 0 Å². The molecule has 0 spiro atoms. The predicted octanol–water partition coefficient (Wildman–Crippen LogP) is 2.17. The average Bonchev–Trinajstić information content (AvgIpc) is 2.39. The molecule has 2 fully saturated rings. The number of hydrogen-bond donors (Lipinski definition) is 1. The zero-order valence-electron chi connectivity index (χ0n) is 12.9. The van der Waals surface area contributed by atoms with Gasteiger partial charge in [0.1, 0.15) is 0 Å². The van der Waals surface area contributed by atoms with Crippen LogP contribution in [0.2, 0.25) is 0 Å². The predicted molar refractivity (Wildman–Crippen MR) is 76.3 cm³/mol. The Labute approximate surface area is 129 Å². The maximum Gasteiger partial charge on any atom is 0.417 e. The van der Waals surface area contributed by atoms with Crippen LogP contribution in [0.5, 0.6) is 0 Å². The molecule has 1 amide bonds. The van der Waals surface area contributed by atoms with Crippen molar-refractivity contribution in [3.05, 3.63) is 0 Å². The first-order chi connectivity index (χ1) is 10.3. The van der Waals surface area contributed by atoms with E-state index in [9.17, 15) is 23.1 Å². The summed E-state index contributed by atoms with van der Waals surface area (Å²) in [5.74, 6) is -0.000603. The molecule has 2 heterocycles. The molecule has 1 N–H and O–H groups in total. The van der Waals surface area contributed by atoms with Crippen LogP contribution < -0.4 is 0 Å². The van der Waals surface area contributed by atoms with E-state index in [0.717, 1.165) is 38.8 Å². The molecule has 0 aromatic carbocycles. The van der Waals surface area contributed by atoms with Crippen LogP contribution in [0.4, 0.5) is 13.2 Å². The Kier molecular flexibility index (Phi) is 5.71. The van der Waals surface area contributed by atoms with Crippen molar-refractivity contribution >= 4 is 5.91 Å². The number of likely N-dealkylation sites (tertiary alicyclic amines) is 2. The number of alkyl halides is 3. The van der Waals surface area contributed by atoms with Crippen molar-refractivity contribution in [3.63, 3.8) is 0 Å². The van der Waals surface area contributed by atoms with Gasteiger partial charge in [-0.1, -0.05) is 19.3 Å². The molecule has 2 aliphatic rings. The number of nitrogens with zero attached hydrogens (tertiary/aromatic N) is 2. The lowest BCUT2D eigenvalue weighted by molar-refractivity contribution is -0.272. The Morgan fingerprint density at radius 2 is 1.45 bits per heavy atom. The maximum atomic E-state index is 12.7. The number of piperidine rings is 1. The lowest BCUT2D eigenvalue weighted by atomic mass is 9.91. The second-order valence-electron chi connectivity index (χ2n) is 6.45. The number of amides is 1. The molecule has 22 heavy (non-hydrogen) atoms. The zero-order valence-corrected chi connectivity index (χ0v) is 12.9. The molecule has 128 valence electrons. The van der Waals surface area contributed by atoms with E-state index in [2.05, 4.69) is 0 Å². The minimum Gasteiger partial charge on any atom is -0.380 e. The van der Waals surface area contributed by atoms with E-state index in [-0.39, 0.29) is 38.4 Å². The minimum absolute atomic E-state index is 0.000603. The van der Waals surface area contributed by atoms with Crippen molar-refractivity contribution in [1.82, 2.24) is 9.80 Å². The number of hydrogen-bond acceptors (Lipinski definition) is 3. The highest BCUT2D eigenvalue weighted by Crippen LogP contribution is 2.38. The Morgan fingerprint density at radius 3 is 1.95 bits per heavy atom. The molecular formula is C15H25F3N2O2. The van der Waals surface area contributed by atoms with Gasteiger partial charge in [0.25, 0.3) is 0 Å². The van der Waals surface area contributed by atoms with Crippen LogP contribution >= 0.6 is 0 Å². The van der Waals surface area contributed by atoms with E-state index < -0.39 is 11.8 Å². The van der Waals surface area contributed by atoms with Crippen LogP contribution in [0.1, 0.15) is 44.9 Å². The maximum absolute atomic E-state index is 12.7. The lowest BCUT2D eigenvalue weighted by Crippen LogP contribution is -2.54. The third-order valence-electron chi connectivity index (χ3n) is 4.78. The van der Waals surface area contributed by atoms with Gasteiger partial charge in [-0.3, -0.25) is 9.69 Å². The number of halogens is 3. The van der Waals surface area contributed by atoms with Gasteiger partial charge in [-0.15, -0.1) is 0 Å². The second-order valence-corrected chi connectivity index (χ2v) is 6.45. The smallest absolute Gasteiger partial charge is 0.380 e. The highest BCUT2D eigenvalue weighted by Gasteiger charge is 2.54. The molecule has 0 bridgehead atoms. The van der Waals surface area contributed by atoms with Crippen LogP contribution in [0.25, 0.3) is 0 Å². The summed E-state index contributed by atoms with van der Waals surface area (Å²) in [6.07, 6.45) is 0.168. The molecule has 0 radical (unpaired) electrons. The molecule has 0 atom stereocenters. The van der Waals surface area contributed by atoms with Gasteiger partial charge >= 0.3 is 6.18 Å². The number of rotatable bonds is 2. The van der Waals surface area contributed by atoms with E-state index in [4.69, 9.17) is 0 Å². The van der Waals surface area contributed by atoms with Gasteiger partial charge in [0, 0.05) is 26.2 Å². The fourth-order valence-corrected chi connectivity index (χ4v) is 3.15. The van der Waals surface area contributed by atoms with E-state index in [0.29, 0.717) is 0 Å². The second kappa shape index (κ2) is 7.17. The summed E-state index contributed by atoms with van der Waals surface area (Å²) >= 11 is 0. The average molecular weight is 322 g/mol. The standard InChI is InChI=1S/C15H25F3N2O2/c16-15(17,18)14(22)6-10-19(11-7-14)12-13(21)20-8-4-2-1-3-5-9-20/h22H,1-12H2. The summed E-state index contributed by atoms with van der Waals surface area (Å²) in [5.41, 5.74) is -2.59. The van der Waals surface area contributed by atoms with Crippen molar-refractivity contribution in [2.45, 2.75) is 56.7 Å². The van der Waals surface area contributed by atoms with Crippen LogP contribution in [0, 0.1) is 0 Å². The molecule has 2 saturated heterocycles. The number of aliphatic hydroxyl groups is 1. The third kappa shape index (κ3) is 4.35. The number of carbonyl (C=O) groups excluding carboxylic acids is 1. The fourth-order valence-electron chi connectivity index (χ4n) is 3.15. The van der Waals surface area contributed by atoms with Gasteiger partial charge in [-0.25, -0.2) is 0 Å². The van der Waals surface area contributed by atoms with Crippen molar-refractivity contribution in [3.8, 4) is 0 Å². The lowest BCUT2D eigenvalue weighted by Gasteiger charge is -2.39. The van der Waals surface area contributed by atoms with Gasteiger partial charge < -0.3 is 10.0 Å². The number of carbonyl (C=O) groups is 1. The summed E-state index contributed by atoms with van der Waals surface area (Å²) in [7, 11) is 0. The van der Waals surface area contributed by atoms with Crippen molar-refractivity contribution in [1.29, 1.82) is 0 Å².